The maximum Gasteiger partial charge on any atom is 0.421 e. The monoisotopic (exact) mass is 195 g/mol. The first-order chi connectivity index (χ1) is 5.07. The summed E-state index contributed by atoms with van der Waals surface area (Å²) in [6.45, 7) is 4.55. The summed E-state index contributed by atoms with van der Waals surface area (Å²) >= 11 is 0. The third kappa shape index (κ3) is 2.69. The molecule has 0 fully saturated rings. The molecule has 0 heterocycles. The Morgan fingerprint density at radius 3 is 1.67 bits per heavy atom. The van der Waals surface area contributed by atoms with E-state index in [0.717, 1.165) is 6.26 Å². The first-order valence-corrected chi connectivity index (χ1v) is 5.15. The smallest absolute Gasteiger partial charge is 0.421 e. The number of rotatable bonds is 1. The lowest BCUT2D eigenvalue weighted by atomic mass is 10.1. The number of amides is 1. The van der Waals surface area contributed by atoms with Crippen LogP contribution in [0.3, 0.4) is 0 Å². The number of sulfonamides is 1. The lowest BCUT2D eigenvalue weighted by Gasteiger charge is -2.30. The molecule has 0 aromatic heterocycles. The SMILES string of the molecule is CC(C)(C)N(C(=O)O)S(C)(=O)=O. The van der Waals surface area contributed by atoms with Gasteiger partial charge in [-0.3, -0.25) is 0 Å². The van der Waals surface area contributed by atoms with Gasteiger partial charge in [-0.25, -0.2) is 13.2 Å². The fourth-order valence-electron chi connectivity index (χ4n) is 0.926. The molecule has 0 aromatic rings. The lowest BCUT2D eigenvalue weighted by molar-refractivity contribution is 0.147. The van der Waals surface area contributed by atoms with Crippen molar-refractivity contribution in [2.75, 3.05) is 6.26 Å². The van der Waals surface area contributed by atoms with Crippen LogP contribution >= 0.6 is 0 Å². The summed E-state index contributed by atoms with van der Waals surface area (Å²) in [5.74, 6) is 0. The Morgan fingerprint density at radius 1 is 1.33 bits per heavy atom. The molecule has 0 bridgehead atoms. The van der Waals surface area contributed by atoms with Crippen LogP contribution < -0.4 is 0 Å². The van der Waals surface area contributed by atoms with Gasteiger partial charge in [-0.1, -0.05) is 0 Å². The van der Waals surface area contributed by atoms with E-state index in [9.17, 15) is 13.2 Å². The highest BCUT2D eigenvalue weighted by atomic mass is 32.2. The van der Waals surface area contributed by atoms with Gasteiger partial charge in [0.25, 0.3) is 0 Å². The molecule has 0 aliphatic rings. The van der Waals surface area contributed by atoms with Crippen molar-refractivity contribution in [2.45, 2.75) is 26.3 Å². The average Bonchev–Trinajstić information content (AvgIpc) is 1.49. The quantitative estimate of drug-likeness (QED) is 0.669. The topological polar surface area (TPSA) is 74.7 Å². The van der Waals surface area contributed by atoms with Crippen LogP contribution in [0.5, 0.6) is 0 Å². The summed E-state index contributed by atoms with van der Waals surface area (Å²) in [4.78, 5) is 10.5. The third-order valence-corrected chi connectivity index (χ3v) is 2.48. The van der Waals surface area contributed by atoms with Crippen LogP contribution in [0.2, 0.25) is 0 Å². The molecule has 0 unspecified atom stereocenters. The second-order valence-electron chi connectivity index (χ2n) is 3.48. The summed E-state index contributed by atoms with van der Waals surface area (Å²) in [7, 11) is -3.69. The Balaban J connectivity index is 5.11. The zero-order valence-corrected chi connectivity index (χ0v) is 8.34. The average molecular weight is 195 g/mol. The van der Waals surface area contributed by atoms with Crippen LogP contribution in [0.1, 0.15) is 20.8 Å². The summed E-state index contributed by atoms with van der Waals surface area (Å²) in [5.41, 5.74) is -0.931. The van der Waals surface area contributed by atoms with E-state index in [-0.39, 0.29) is 0 Å². The van der Waals surface area contributed by atoms with Gasteiger partial charge in [-0.05, 0) is 20.8 Å². The number of hydrogen-bond donors (Lipinski definition) is 1. The largest absolute Gasteiger partial charge is 0.464 e. The van der Waals surface area contributed by atoms with E-state index in [0.29, 0.717) is 4.31 Å². The van der Waals surface area contributed by atoms with Crippen molar-refractivity contribution in [3.8, 4) is 0 Å². The maximum absolute atomic E-state index is 11.0. The van der Waals surface area contributed by atoms with Crippen molar-refractivity contribution >= 4 is 16.1 Å². The van der Waals surface area contributed by atoms with Crippen LogP contribution in [0.25, 0.3) is 0 Å². The van der Waals surface area contributed by atoms with E-state index >= 15 is 0 Å². The van der Waals surface area contributed by atoms with Crippen molar-refractivity contribution < 1.29 is 18.3 Å². The summed E-state index contributed by atoms with van der Waals surface area (Å²) in [5, 5.41) is 8.59. The van der Waals surface area contributed by atoms with Crippen molar-refractivity contribution in [1.29, 1.82) is 0 Å². The van der Waals surface area contributed by atoms with Crippen molar-refractivity contribution in [1.82, 2.24) is 4.31 Å². The molecule has 72 valence electrons. The zero-order chi connectivity index (χ0) is 10.2. The normalized spacial score (nSPS) is 12.7. The molecule has 1 amide bonds. The van der Waals surface area contributed by atoms with Crippen molar-refractivity contribution in [3.63, 3.8) is 0 Å². The maximum atomic E-state index is 11.0. The molecule has 12 heavy (non-hydrogen) atoms. The predicted molar refractivity (Wildman–Crippen MR) is 44.5 cm³/mol. The fraction of sp³-hybridized carbons (Fsp3) is 0.833. The van der Waals surface area contributed by atoms with Gasteiger partial charge in [0, 0.05) is 0 Å². The molecule has 0 aliphatic carbocycles. The van der Waals surface area contributed by atoms with Crippen LogP contribution in [-0.4, -0.2) is 35.7 Å². The number of carbonyl (C=O) groups is 1. The van der Waals surface area contributed by atoms with Gasteiger partial charge in [0.1, 0.15) is 0 Å². The van der Waals surface area contributed by atoms with Gasteiger partial charge < -0.3 is 5.11 Å². The standard InChI is InChI=1S/C6H13NO4S/c1-6(2,3)7(5(8)9)12(4,10)11/h1-4H3,(H,8,9). The highest BCUT2D eigenvalue weighted by molar-refractivity contribution is 7.88. The minimum absolute atomic E-state index is 0.431. The lowest BCUT2D eigenvalue weighted by Crippen LogP contribution is -2.48. The summed E-state index contributed by atoms with van der Waals surface area (Å²) in [6, 6.07) is 0. The number of nitrogens with zero attached hydrogens (tertiary/aromatic N) is 1. The van der Waals surface area contributed by atoms with Crippen LogP contribution in [-0.2, 0) is 10.0 Å². The van der Waals surface area contributed by atoms with Crippen LogP contribution in [0, 0.1) is 0 Å². The molecule has 6 heteroatoms. The summed E-state index contributed by atoms with van der Waals surface area (Å²) in [6.07, 6.45) is -0.586. The third-order valence-electron chi connectivity index (χ3n) is 1.11. The van der Waals surface area contributed by atoms with Crippen molar-refractivity contribution in [3.05, 3.63) is 0 Å². The van der Waals surface area contributed by atoms with Gasteiger partial charge in [-0.15, -0.1) is 0 Å². The Kier molecular flexibility index (Phi) is 2.74. The van der Waals surface area contributed by atoms with E-state index < -0.39 is 21.7 Å². The first kappa shape index (κ1) is 11.2. The van der Waals surface area contributed by atoms with Crippen LogP contribution in [0.15, 0.2) is 0 Å². The minimum atomic E-state index is -3.69. The van der Waals surface area contributed by atoms with Gasteiger partial charge in [0.15, 0.2) is 0 Å². The Labute approximate surface area is 72.0 Å². The van der Waals surface area contributed by atoms with Gasteiger partial charge in [-0.2, -0.15) is 4.31 Å². The van der Waals surface area contributed by atoms with E-state index in [1.54, 1.807) is 0 Å². The van der Waals surface area contributed by atoms with E-state index in [1.807, 2.05) is 0 Å². The van der Waals surface area contributed by atoms with Gasteiger partial charge in [0.05, 0.1) is 11.8 Å². The molecule has 0 saturated carbocycles. The number of hydrogen-bond acceptors (Lipinski definition) is 3. The Morgan fingerprint density at radius 2 is 1.67 bits per heavy atom. The molecule has 0 atom stereocenters. The van der Waals surface area contributed by atoms with E-state index in [2.05, 4.69) is 0 Å². The van der Waals surface area contributed by atoms with E-state index in [1.165, 1.54) is 20.8 Å². The highest BCUT2D eigenvalue weighted by Crippen LogP contribution is 2.16. The van der Waals surface area contributed by atoms with E-state index in [4.69, 9.17) is 5.11 Å². The number of carboxylic acid groups (broad SMARTS) is 1. The molecular weight excluding hydrogens is 182 g/mol. The first-order valence-electron chi connectivity index (χ1n) is 3.30. The molecule has 0 aliphatic heterocycles. The second-order valence-corrected chi connectivity index (χ2v) is 5.31. The predicted octanol–water partition coefficient (Wildman–Crippen LogP) is 0.725. The fourth-order valence-corrected chi connectivity index (χ4v) is 2.20. The van der Waals surface area contributed by atoms with Gasteiger partial charge in [0.2, 0.25) is 10.0 Å². The molecule has 0 aromatic carbocycles. The Bertz CT molecular complexity index is 274. The highest BCUT2D eigenvalue weighted by Gasteiger charge is 2.33. The molecule has 0 radical (unpaired) electrons. The zero-order valence-electron chi connectivity index (χ0n) is 7.53. The summed E-state index contributed by atoms with van der Waals surface area (Å²) < 4.78 is 22.4. The molecular formula is C6H13NO4S. The molecule has 5 nitrogen and oxygen atoms in total. The Hall–Kier alpha value is -0.780. The molecule has 0 saturated heterocycles. The molecule has 0 rings (SSSR count). The molecule has 0 spiro atoms. The van der Waals surface area contributed by atoms with Gasteiger partial charge >= 0.3 is 6.09 Å². The van der Waals surface area contributed by atoms with Crippen molar-refractivity contribution in [2.24, 2.45) is 0 Å². The van der Waals surface area contributed by atoms with Crippen LogP contribution in [0.4, 0.5) is 4.79 Å². The minimum Gasteiger partial charge on any atom is -0.464 e. The molecule has 1 N–H and O–H groups in total. The second kappa shape index (κ2) is 2.93.